The molecule has 1 N–H and O–H groups in total. The lowest BCUT2D eigenvalue weighted by Crippen LogP contribution is -2.36. The van der Waals surface area contributed by atoms with Gasteiger partial charge in [0.1, 0.15) is 15.8 Å². The number of carboxylic acid groups (broad SMARTS) is 1. The average molecular weight is 459 g/mol. The van der Waals surface area contributed by atoms with E-state index in [0.29, 0.717) is 32.2 Å². The number of hydrogen-bond donors (Lipinski definition) is 1. The van der Waals surface area contributed by atoms with E-state index in [4.69, 9.17) is 22.3 Å². The molecule has 162 valence electrons. The number of carbonyl (C=O) groups excluding carboxylic acids is 1. The fourth-order valence-corrected chi connectivity index (χ4v) is 5.00. The highest BCUT2D eigenvalue weighted by molar-refractivity contribution is 8.26. The molecule has 0 unspecified atom stereocenters. The van der Waals surface area contributed by atoms with Gasteiger partial charge in [0.2, 0.25) is 0 Å². The molecule has 0 atom stereocenters. The van der Waals surface area contributed by atoms with Gasteiger partial charge in [-0.1, -0.05) is 37.0 Å². The molecule has 0 saturated carbocycles. The number of carbonyl (C=O) groups is 2. The van der Waals surface area contributed by atoms with Crippen LogP contribution < -0.4 is 10.5 Å². The van der Waals surface area contributed by atoms with Gasteiger partial charge in [-0.2, -0.15) is 0 Å². The summed E-state index contributed by atoms with van der Waals surface area (Å²) in [6.07, 6.45) is 5.03. The number of pyridine rings is 1. The van der Waals surface area contributed by atoms with Gasteiger partial charge in [-0.15, -0.1) is 0 Å². The predicted octanol–water partition coefficient (Wildman–Crippen LogP) is 2.61. The quantitative estimate of drug-likeness (QED) is 0.540. The number of hydrogen-bond acceptors (Lipinski definition) is 7. The summed E-state index contributed by atoms with van der Waals surface area (Å²) < 4.78 is 1.76. The molecule has 31 heavy (non-hydrogen) atoms. The second-order valence-electron chi connectivity index (χ2n) is 7.73. The monoisotopic (exact) mass is 458 g/mol. The third-order valence-electron chi connectivity index (χ3n) is 5.53. The number of fused-ring (bicyclic) bond motifs is 1. The number of nitrogens with zero attached hydrogens (tertiary/aromatic N) is 4. The van der Waals surface area contributed by atoms with Crippen LogP contribution in [0.25, 0.3) is 11.7 Å². The van der Waals surface area contributed by atoms with E-state index in [2.05, 4.69) is 11.8 Å². The minimum atomic E-state index is -1.00. The minimum absolute atomic E-state index is 0.00314. The van der Waals surface area contributed by atoms with Gasteiger partial charge in [-0.05, 0) is 37.0 Å². The number of piperidine rings is 1. The molecule has 0 radical (unpaired) electrons. The first kappa shape index (κ1) is 21.5. The standard InChI is InChI=1S/C21H22N4O4S2/c1-13-5-9-23(10-6-13)18-14(19(28)24-8-3-2-4-16(24)22-18)12-15-20(29)25(21(30)31-15)11-7-17(26)27/h2-4,8,12-13H,5-7,9-11H2,1H3,(H,26,27)/b15-12-. The van der Waals surface area contributed by atoms with Gasteiger partial charge in [0.15, 0.2) is 0 Å². The van der Waals surface area contributed by atoms with E-state index < -0.39 is 5.97 Å². The Kier molecular flexibility index (Phi) is 6.10. The first-order chi connectivity index (χ1) is 14.8. The third-order valence-corrected chi connectivity index (χ3v) is 6.91. The van der Waals surface area contributed by atoms with Crippen LogP contribution >= 0.6 is 24.0 Å². The Morgan fingerprint density at radius 3 is 2.77 bits per heavy atom. The molecule has 4 heterocycles. The lowest BCUT2D eigenvalue weighted by atomic mass is 9.99. The topological polar surface area (TPSA) is 95.2 Å². The Morgan fingerprint density at radius 1 is 1.32 bits per heavy atom. The van der Waals surface area contributed by atoms with E-state index in [0.717, 1.165) is 37.7 Å². The maximum Gasteiger partial charge on any atom is 0.305 e. The molecule has 2 aromatic heterocycles. The summed E-state index contributed by atoms with van der Waals surface area (Å²) in [7, 11) is 0. The van der Waals surface area contributed by atoms with Gasteiger partial charge in [0.25, 0.3) is 11.5 Å². The molecule has 2 aromatic rings. The number of aromatic nitrogens is 2. The van der Waals surface area contributed by atoms with E-state index in [1.807, 2.05) is 6.07 Å². The number of thioether (sulfide) groups is 1. The van der Waals surface area contributed by atoms with Crippen LogP contribution in [0, 0.1) is 5.92 Å². The summed E-state index contributed by atoms with van der Waals surface area (Å²) in [5.41, 5.74) is 0.638. The molecule has 2 aliphatic heterocycles. The molecule has 1 amide bonds. The number of anilines is 1. The molecule has 4 rings (SSSR count). The first-order valence-electron chi connectivity index (χ1n) is 10.1. The number of amides is 1. The Hall–Kier alpha value is -2.72. The average Bonchev–Trinajstić information content (AvgIpc) is 3.01. The normalized spacial score (nSPS) is 19.1. The van der Waals surface area contributed by atoms with Crippen molar-refractivity contribution in [3.63, 3.8) is 0 Å². The highest BCUT2D eigenvalue weighted by atomic mass is 32.2. The molecule has 10 heteroatoms. The van der Waals surface area contributed by atoms with Crippen molar-refractivity contribution in [3.8, 4) is 0 Å². The van der Waals surface area contributed by atoms with E-state index in [1.54, 1.807) is 24.4 Å². The summed E-state index contributed by atoms with van der Waals surface area (Å²) >= 11 is 6.35. The maximum atomic E-state index is 13.3. The van der Waals surface area contributed by atoms with Crippen LogP contribution in [0.2, 0.25) is 0 Å². The Labute approximate surface area is 188 Å². The zero-order valence-electron chi connectivity index (χ0n) is 17.0. The number of rotatable bonds is 5. The van der Waals surface area contributed by atoms with Gasteiger partial charge >= 0.3 is 5.97 Å². The first-order valence-corrected chi connectivity index (χ1v) is 11.3. The van der Waals surface area contributed by atoms with Crippen LogP contribution in [0.5, 0.6) is 0 Å². The van der Waals surface area contributed by atoms with Crippen molar-refractivity contribution < 1.29 is 14.7 Å². The van der Waals surface area contributed by atoms with Crippen molar-refractivity contribution in [2.75, 3.05) is 24.5 Å². The van der Waals surface area contributed by atoms with Crippen molar-refractivity contribution in [2.45, 2.75) is 26.2 Å². The predicted molar refractivity (Wildman–Crippen MR) is 124 cm³/mol. The lowest BCUT2D eigenvalue weighted by molar-refractivity contribution is -0.137. The zero-order chi connectivity index (χ0) is 22.1. The van der Waals surface area contributed by atoms with Crippen LogP contribution in [-0.2, 0) is 9.59 Å². The number of thiocarbonyl (C=S) groups is 1. The molecule has 0 aromatic carbocycles. The van der Waals surface area contributed by atoms with Gasteiger partial charge < -0.3 is 10.0 Å². The third kappa shape index (κ3) is 4.35. The summed E-state index contributed by atoms with van der Waals surface area (Å²) in [5, 5.41) is 8.92. The summed E-state index contributed by atoms with van der Waals surface area (Å²) in [6.45, 7) is 3.79. The van der Waals surface area contributed by atoms with Gasteiger partial charge in [-0.25, -0.2) is 4.98 Å². The van der Waals surface area contributed by atoms with Crippen LogP contribution in [0.3, 0.4) is 0 Å². The second kappa shape index (κ2) is 8.80. The van der Waals surface area contributed by atoms with Crippen molar-refractivity contribution in [1.29, 1.82) is 0 Å². The fraction of sp³-hybridized carbons (Fsp3) is 0.381. The minimum Gasteiger partial charge on any atom is -0.481 e. The van der Waals surface area contributed by atoms with Crippen LogP contribution in [0.1, 0.15) is 31.7 Å². The van der Waals surface area contributed by atoms with Gasteiger partial charge in [0.05, 0.1) is 16.9 Å². The number of carboxylic acids is 1. The summed E-state index contributed by atoms with van der Waals surface area (Å²) in [5.74, 6) is -0.200. The molecular weight excluding hydrogens is 436 g/mol. The molecule has 0 aliphatic carbocycles. The second-order valence-corrected chi connectivity index (χ2v) is 9.41. The maximum absolute atomic E-state index is 13.3. The Balaban J connectivity index is 1.77. The smallest absolute Gasteiger partial charge is 0.305 e. The Bertz CT molecular complexity index is 1150. The SMILES string of the molecule is CC1CCN(c2nc3ccccn3c(=O)c2/C=C2\SC(=S)N(CCC(=O)O)C2=O)CC1. The van der Waals surface area contributed by atoms with Crippen LogP contribution in [-0.4, -0.2) is 55.2 Å². The Morgan fingerprint density at radius 2 is 2.06 bits per heavy atom. The van der Waals surface area contributed by atoms with E-state index in [9.17, 15) is 14.4 Å². The van der Waals surface area contributed by atoms with Gasteiger partial charge in [0, 0.05) is 25.8 Å². The van der Waals surface area contributed by atoms with Crippen molar-refractivity contribution >= 4 is 57.7 Å². The molecule has 0 spiro atoms. The van der Waals surface area contributed by atoms with E-state index >= 15 is 0 Å². The number of aliphatic carboxylic acids is 1. The molecule has 2 aliphatic rings. The highest BCUT2D eigenvalue weighted by Crippen LogP contribution is 2.34. The molecule has 0 bridgehead atoms. The zero-order valence-corrected chi connectivity index (χ0v) is 18.6. The van der Waals surface area contributed by atoms with Crippen LogP contribution in [0.4, 0.5) is 5.82 Å². The van der Waals surface area contributed by atoms with E-state index in [-0.39, 0.29) is 24.4 Å². The van der Waals surface area contributed by atoms with E-state index in [1.165, 1.54) is 9.30 Å². The van der Waals surface area contributed by atoms with Crippen LogP contribution in [0.15, 0.2) is 34.1 Å². The molecule has 2 saturated heterocycles. The molecule has 8 nitrogen and oxygen atoms in total. The molecule has 2 fully saturated rings. The lowest BCUT2D eigenvalue weighted by Gasteiger charge is -2.32. The summed E-state index contributed by atoms with van der Waals surface area (Å²) in [6, 6.07) is 5.37. The fourth-order valence-electron chi connectivity index (χ4n) is 3.71. The largest absolute Gasteiger partial charge is 0.481 e. The summed E-state index contributed by atoms with van der Waals surface area (Å²) in [4.78, 5) is 45.5. The highest BCUT2D eigenvalue weighted by Gasteiger charge is 2.33. The van der Waals surface area contributed by atoms with Crippen molar-refractivity contribution in [1.82, 2.24) is 14.3 Å². The molecular formula is C21H22N4O4S2. The van der Waals surface area contributed by atoms with Gasteiger partial charge in [-0.3, -0.25) is 23.7 Å². The van der Waals surface area contributed by atoms with Crippen molar-refractivity contribution in [3.05, 3.63) is 45.2 Å². The van der Waals surface area contributed by atoms with Crippen molar-refractivity contribution in [2.24, 2.45) is 5.92 Å².